The Bertz CT molecular complexity index is 899. The summed E-state index contributed by atoms with van der Waals surface area (Å²) in [6, 6.07) is 12.0. The van der Waals surface area contributed by atoms with Crippen LogP contribution in [0.3, 0.4) is 0 Å². The summed E-state index contributed by atoms with van der Waals surface area (Å²) in [5.41, 5.74) is 2.55. The van der Waals surface area contributed by atoms with Crippen LogP contribution < -0.4 is 5.32 Å². The Kier molecular flexibility index (Phi) is 5.44. The number of hydrogen-bond donors (Lipinski definition) is 1. The van der Waals surface area contributed by atoms with Crippen LogP contribution in [-0.2, 0) is 6.54 Å². The lowest BCUT2D eigenvalue weighted by Crippen LogP contribution is -2.37. The number of fused-ring (bicyclic) bond motifs is 1. The standard InChI is InChI=1S/C21H25N5O/c27-21(22-9-12-25-10-5-2-6-11-25)19-13-18-15-24-26(20(18)23-14-19)16-17-7-3-1-4-8-17/h1,3-4,7-8,13-15H,2,5-6,9-12,16H2,(H,22,27). The first-order valence-corrected chi connectivity index (χ1v) is 9.66. The van der Waals surface area contributed by atoms with Gasteiger partial charge in [0, 0.05) is 24.7 Å². The SMILES string of the molecule is O=C(NCCN1CCCCC1)c1cnc2c(cnn2Cc2ccccc2)c1. The van der Waals surface area contributed by atoms with Crippen LogP contribution in [0, 0.1) is 0 Å². The molecule has 0 bridgehead atoms. The van der Waals surface area contributed by atoms with Crippen LogP contribution in [0.2, 0.25) is 0 Å². The molecule has 2 aromatic heterocycles. The Morgan fingerprint density at radius 3 is 2.70 bits per heavy atom. The van der Waals surface area contributed by atoms with Crippen LogP contribution >= 0.6 is 0 Å². The molecule has 0 aliphatic carbocycles. The molecule has 0 saturated carbocycles. The molecular formula is C21H25N5O. The zero-order valence-electron chi connectivity index (χ0n) is 15.5. The van der Waals surface area contributed by atoms with Crippen LogP contribution in [0.15, 0.2) is 48.8 Å². The van der Waals surface area contributed by atoms with Gasteiger partial charge in [0.15, 0.2) is 5.65 Å². The molecule has 1 saturated heterocycles. The fourth-order valence-electron chi connectivity index (χ4n) is 3.58. The van der Waals surface area contributed by atoms with Gasteiger partial charge in [0.05, 0.1) is 18.3 Å². The molecule has 6 nitrogen and oxygen atoms in total. The molecule has 0 radical (unpaired) electrons. The summed E-state index contributed by atoms with van der Waals surface area (Å²) in [6.45, 7) is 4.53. The lowest BCUT2D eigenvalue weighted by molar-refractivity contribution is 0.0946. The van der Waals surface area contributed by atoms with E-state index in [4.69, 9.17) is 0 Å². The summed E-state index contributed by atoms with van der Waals surface area (Å²) in [5, 5.41) is 8.32. The number of nitrogens with zero attached hydrogens (tertiary/aromatic N) is 4. The van der Waals surface area contributed by atoms with Crippen molar-refractivity contribution in [3.05, 3.63) is 59.9 Å². The first-order valence-electron chi connectivity index (χ1n) is 9.66. The lowest BCUT2D eigenvalue weighted by Gasteiger charge is -2.26. The Balaban J connectivity index is 1.38. The first kappa shape index (κ1) is 17.7. The first-order chi connectivity index (χ1) is 13.3. The van der Waals surface area contributed by atoms with E-state index in [0.29, 0.717) is 18.7 Å². The zero-order chi connectivity index (χ0) is 18.5. The zero-order valence-corrected chi connectivity index (χ0v) is 15.5. The van der Waals surface area contributed by atoms with E-state index in [1.54, 1.807) is 12.4 Å². The Labute approximate surface area is 159 Å². The third-order valence-electron chi connectivity index (χ3n) is 5.08. The van der Waals surface area contributed by atoms with Crippen LogP contribution in [0.5, 0.6) is 0 Å². The molecule has 1 amide bonds. The number of piperidine rings is 1. The Morgan fingerprint density at radius 2 is 1.89 bits per heavy atom. The van der Waals surface area contributed by atoms with Crippen LogP contribution in [0.1, 0.15) is 35.2 Å². The maximum atomic E-state index is 12.4. The Hall–Kier alpha value is -2.73. The normalized spacial score (nSPS) is 15.1. The summed E-state index contributed by atoms with van der Waals surface area (Å²) >= 11 is 0. The van der Waals surface area contributed by atoms with Gasteiger partial charge in [-0.1, -0.05) is 36.8 Å². The lowest BCUT2D eigenvalue weighted by atomic mass is 10.1. The van der Waals surface area contributed by atoms with Gasteiger partial charge < -0.3 is 10.2 Å². The number of likely N-dealkylation sites (tertiary alicyclic amines) is 1. The maximum absolute atomic E-state index is 12.4. The highest BCUT2D eigenvalue weighted by Gasteiger charge is 2.12. The quantitative estimate of drug-likeness (QED) is 0.731. The second kappa shape index (κ2) is 8.31. The summed E-state index contributed by atoms with van der Waals surface area (Å²) in [5.74, 6) is -0.0720. The number of nitrogens with one attached hydrogen (secondary N) is 1. The molecule has 6 heteroatoms. The van der Waals surface area contributed by atoms with E-state index in [9.17, 15) is 4.79 Å². The van der Waals surface area contributed by atoms with Gasteiger partial charge in [-0.05, 0) is 37.6 Å². The molecule has 0 unspecified atom stereocenters. The molecule has 1 aliphatic rings. The van der Waals surface area contributed by atoms with Gasteiger partial charge in [-0.2, -0.15) is 5.10 Å². The van der Waals surface area contributed by atoms with Crippen LogP contribution in [-0.4, -0.2) is 51.8 Å². The minimum Gasteiger partial charge on any atom is -0.351 e. The van der Waals surface area contributed by atoms with Crippen molar-refractivity contribution < 1.29 is 4.79 Å². The van der Waals surface area contributed by atoms with Gasteiger partial charge in [0.25, 0.3) is 5.91 Å². The van der Waals surface area contributed by atoms with Gasteiger partial charge in [0.1, 0.15) is 0 Å². The molecule has 0 atom stereocenters. The average Bonchev–Trinajstić information content (AvgIpc) is 3.11. The topological polar surface area (TPSA) is 63.1 Å². The number of carbonyl (C=O) groups excluding carboxylic acids is 1. The monoisotopic (exact) mass is 363 g/mol. The minimum atomic E-state index is -0.0720. The predicted molar refractivity (Wildman–Crippen MR) is 106 cm³/mol. The Morgan fingerprint density at radius 1 is 1.07 bits per heavy atom. The fourth-order valence-corrected chi connectivity index (χ4v) is 3.58. The molecule has 0 spiro atoms. The van der Waals surface area contributed by atoms with Crippen molar-refractivity contribution in [1.82, 2.24) is 25.0 Å². The van der Waals surface area contributed by atoms with Crippen molar-refractivity contribution in [3.63, 3.8) is 0 Å². The van der Waals surface area contributed by atoms with E-state index in [1.165, 1.54) is 24.8 Å². The molecule has 1 fully saturated rings. The van der Waals surface area contributed by atoms with Crippen molar-refractivity contribution >= 4 is 16.9 Å². The van der Waals surface area contributed by atoms with E-state index in [-0.39, 0.29) is 5.91 Å². The van der Waals surface area contributed by atoms with Gasteiger partial charge in [-0.3, -0.25) is 4.79 Å². The molecule has 3 heterocycles. The maximum Gasteiger partial charge on any atom is 0.252 e. The molecule has 3 aromatic rings. The summed E-state index contributed by atoms with van der Waals surface area (Å²) in [4.78, 5) is 19.3. The molecule has 4 rings (SSSR count). The van der Waals surface area contributed by atoms with E-state index in [2.05, 4.69) is 32.4 Å². The number of amides is 1. The van der Waals surface area contributed by atoms with E-state index in [0.717, 1.165) is 30.7 Å². The smallest absolute Gasteiger partial charge is 0.252 e. The highest BCUT2D eigenvalue weighted by Crippen LogP contribution is 2.15. The van der Waals surface area contributed by atoms with Crippen molar-refractivity contribution in [2.75, 3.05) is 26.2 Å². The van der Waals surface area contributed by atoms with Gasteiger partial charge in [-0.15, -0.1) is 0 Å². The van der Waals surface area contributed by atoms with Crippen molar-refractivity contribution in [3.8, 4) is 0 Å². The third-order valence-corrected chi connectivity index (χ3v) is 5.08. The largest absolute Gasteiger partial charge is 0.351 e. The van der Waals surface area contributed by atoms with Crippen LogP contribution in [0.25, 0.3) is 11.0 Å². The van der Waals surface area contributed by atoms with Crippen molar-refractivity contribution in [1.29, 1.82) is 0 Å². The average molecular weight is 363 g/mol. The fraction of sp³-hybridized carbons (Fsp3) is 0.381. The number of hydrogen-bond acceptors (Lipinski definition) is 4. The summed E-state index contributed by atoms with van der Waals surface area (Å²) in [6.07, 6.45) is 7.27. The second-order valence-electron chi connectivity index (χ2n) is 7.08. The summed E-state index contributed by atoms with van der Waals surface area (Å²) < 4.78 is 1.86. The number of benzene rings is 1. The number of rotatable bonds is 6. The van der Waals surface area contributed by atoms with Gasteiger partial charge in [-0.25, -0.2) is 9.67 Å². The number of pyridine rings is 1. The van der Waals surface area contributed by atoms with E-state index >= 15 is 0 Å². The van der Waals surface area contributed by atoms with Crippen molar-refractivity contribution in [2.24, 2.45) is 0 Å². The van der Waals surface area contributed by atoms with Crippen LogP contribution in [0.4, 0.5) is 0 Å². The summed E-state index contributed by atoms with van der Waals surface area (Å²) in [7, 11) is 0. The van der Waals surface area contributed by atoms with E-state index < -0.39 is 0 Å². The van der Waals surface area contributed by atoms with Gasteiger partial charge >= 0.3 is 0 Å². The second-order valence-corrected chi connectivity index (χ2v) is 7.08. The van der Waals surface area contributed by atoms with Crippen molar-refractivity contribution in [2.45, 2.75) is 25.8 Å². The third kappa shape index (κ3) is 4.34. The molecule has 1 N–H and O–H groups in total. The van der Waals surface area contributed by atoms with E-state index in [1.807, 2.05) is 28.9 Å². The highest BCUT2D eigenvalue weighted by molar-refractivity contribution is 5.96. The predicted octanol–water partition coefficient (Wildman–Crippen LogP) is 2.70. The number of carbonyl (C=O) groups is 1. The molecule has 1 aliphatic heterocycles. The van der Waals surface area contributed by atoms with Gasteiger partial charge in [0.2, 0.25) is 0 Å². The minimum absolute atomic E-state index is 0.0720. The molecule has 1 aromatic carbocycles. The molecule has 27 heavy (non-hydrogen) atoms. The molecule has 140 valence electrons. The molecular weight excluding hydrogens is 338 g/mol. The highest BCUT2D eigenvalue weighted by atomic mass is 16.1. The number of aromatic nitrogens is 3.